The van der Waals surface area contributed by atoms with E-state index in [1.165, 1.54) is 17.5 Å². The minimum absolute atomic E-state index is 0.0560. The Balaban J connectivity index is 1.68. The van der Waals surface area contributed by atoms with Gasteiger partial charge < -0.3 is 9.88 Å². The standard InChI is InChI=1S/C19H22N2OS/c1-14-6-8-15(9-7-14)12-16-4-3-11-21(13-16)19(22)17-5-2-10-20-18(17)23/h2,5-10,16H,3-4,11-13H2,1H3,(H,20,23). The number of amides is 1. The van der Waals surface area contributed by atoms with E-state index in [1.807, 2.05) is 17.0 Å². The first kappa shape index (κ1) is 15.9. The van der Waals surface area contributed by atoms with Crippen LogP contribution in [-0.4, -0.2) is 28.9 Å². The third-order valence-corrected chi connectivity index (χ3v) is 4.84. The van der Waals surface area contributed by atoms with Gasteiger partial charge in [0.15, 0.2) is 0 Å². The molecule has 1 aliphatic heterocycles. The first-order chi connectivity index (χ1) is 11.1. The number of carbonyl (C=O) groups is 1. The first-order valence-electron chi connectivity index (χ1n) is 8.16. The lowest BCUT2D eigenvalue weighted by atomic mass is 9.91. The van der Waals surface area contributed by atoms with Gasteiger partial charge in [0.05, 0.1) is 5.56 Å². The maximum atomic E-state index is 12.7. The van der Waals surface area contributed by atoms with Crippen LogP contribution in [0.25, 0.3) is 0 Å². The number of hydrogen-bond acceptors (Lipinski definition) is 2. The Morgan fingerprint density at radius 1 is 1.30 bits per heavy atom. The average Bonchev–Trinajstić information content (AvgIpc) is 2.57. The molecule has 120 valence electrons. The fraction of sp³-hybridized carbons (Fsp3) is 0.368. The molecule has 1 atom stereocenters. The number of aryl methyl sites for hydroxylation is 1. The van der Waals surface area contributed by atoms with E-state index >= 15 is 0 Å². The molecule has 0 saturated carbocycles. The lowest BCUT2D eigenvalue weighted by Gasteiger charge is -2.33. The van der Waals surface area contributed by atoms with Crippen molar-refractivity contribution in [3.8, 4) is 0 Å². The number of aromatic nitrogens is 1. The van der Waals surface area contributed by atoms with Crippen LogP contribution in [0.15, 0.2) is 42.6 Å². The van der Waals surface area contributed by atoms with E-state index in [2.05, 4.69) is 36.2 Å². The van der Waals surface area contributed by atoms with Gasteiger partial charge in [0, 0.05) is 19.3 Å². The predicted octanol–water partition coefficient (Wildman–Crippen LogP) is 4.15. The number of rotatable bonds is 3. The van der Waals surface area contributed by atoms with Gasteiger partial charge >= 0.3 is 0 Å². The lowest BCUT2D eigenvalue weighted by molar-refractivity contribution is 0.0672. The number of H-pyrrole nitrogens is 1. The van der Waals surface area contributed by atoms with Crippen molar-refractivity contribution in [3.05, 3.63) is 63.9 Å². The monoisotopic (exact) mass is 326 g/mol. The molecule has 1 N–H and O–H groups in total. The van der Waals surface area contributed by atoms with Crippen molar-refractivity contribution in [2.45, 2.75) is 26.2 Å². The van der Waals surface area contributed by atoms with Crippen molar-refractivity contribution in [3.63, 3.8) is 0 Å². The van der Waals surface area contributed by atoms with Crippen LogP contribution >= 0.6 is 12.2 Å². The summed E-state index contributed by atoms with van der Waals surface area (Å²) in [5, 5.41) is 0. The van der Waals surface area contributed by atoms with Crippen LogP contribution in [0.1, 0.15) is 34.3 Å². The molecule has 1 aliphatic rings. The zero-order valence-corrected chi connectivity index (χ0v) is 14.2. The molecule has 1 aromatic heterocycles. The molecule has 2 heterocycles. The second-order valence-electron chi connectivity index (χ2n) is 6.36. The van der Waals surface area contributed by atoms with Gasteiger partial charge in [0.25, 0.3) is 5.91 Å². The molecule has 0 spiro atoms. The Morgan fingerprint density at radius 2 is 2.09 bits per heavy atom. The summed E-state index contributed by atoms with van der Waals surface area (Å²) < 4.78 is 0.526. The first-order valence-corrected chi connectivity index (χ1v) is 8.57. The largest absolute Gasteiger partial charge is 0.352 e. The van der Waals surface area contributed by atoms with Crippen molar-refractivity contribution in [1.82, 2.24) is 9.88 Å². The maximum absolute atomic E-state index is 12.7. The molecule has 0 bridgehead atoms. The minimum Gasteiger partial charge on any atom is -0.352 e. The highest BCUT2D eigenvalue weighted by atomic mass is 32.1. The van der Waals surface area contributed by atoms with Gasteiger partial charge in [0.1, 0.15) is 4.64 Å². The fourth-order valence-electron chi connectivity index (χ4n) is 3.23. The molecule has 1 fully saturated rings. The van der Waals surface area contributed by atoms with Gasteiger partial charge in [-0.25, -0.2) is 0 Å². The molecule has 1 unspecified atom stereocenters. The summed E-state index contributed by atoms with van der Waals surface area (Å²) in [6, 6.07) is 12.4. The summed E-state index contributed by atoms with van der Waals surface area (Å²) in [6.45, 7) is 3.75. The molecule has 3 rings (SSSR count). The Kier molecular flexibility index (Phi) is 4.91. The van der Waals surface area contributed by atoms with Crippen LogP contribution in [0.3, 0.4) is 0 Å². The Hall–Kier alpha value is -1.94. The highest BCUT2D eigenvalue weighted by Crippen LogP contribution is 2.22. The maximum Gasteiger partial charge on any atom is 0.256 e. The van der Waals surface area contributed by atoms with Crippen molar-refractivity contribution in [2.75, 3.05) is 13.1 Å². The number of aromatic amines is 1. The van der Waals surface area contributed by atoms with E-state index in [0.29, 0.717) is 16.1 Å². The van der Waals surface area contributed by atoms with Gasteiger partial charge in [-0.15, -0.1) is 0 Å². The van der Waals surface area contributed by atoms with Crippen LogP contribution in [-0.2, 0) is 6.42 Å². The molecule has 1 aromatic carbocycles. The Bertz CT molecular complexity index is 736. The molecule has 1 saturated heterocycles. The third-order valence-electron chi connectivity index (χ3n) is 4.50. The average molecular weight is 326 g/mol. The number of likely N-dealkylation sites (tertiary alicyclic amines) is 1. The van der Waals surface area contributed by atoms with Gasteiger partial charge in [0.2, 0.25) is 0 Å². The molecular formula is C19H22N2OS. The molecule has 0 radical (unpaired) electrons. The number of hydrogen-bond donors (Lipinski definition) is 1. The van der Waals surface area contributed by atoms with Crippen LogP contribution in [0.5, 0.6) is 0 Å². The van der Waals surface area contributed by atoms with Crippen LogP contribution < -0.4 is 0 Å². The minimum atomic E-state index is 0.0560. The fourth-order valence-corrected chi connectivity index (χ4v) is 3.46. The SMILES string of the molecule is Cc1ccc(CC2CCCN(C(=O)c3ccc[nH]c3=S)C2)cc1. The van der Waals surface area contributed by atoms with Crippen molar-refractivity contribution < 1.29 is 4.79 Å². The van der Waals surface area contributed by atoms with E-state index in [0.717, 1.165) is 25.9 Å². The van der Waals surface area contributed by atoms with Gasteiger partial charge in [-0.3, -0.25) is 4.79 Å². The smallest absolute Gasteiger partial charge is 0.256 e. The van der Waals surface area contributed by atoms with Crippen LogP contribution in [0.4, 0.5) is 0 Å². The lowest BCUT2D eigenvalue weighted by Crippen LogP contribution is -2.40. The molecule has 2 aromatic rings. The summed E-state index contributed by atoms with van der Waals surface area (Å²) in [5.74, 6) is 0.581. The highest BCUT2D eigenvalue weighted by molar-refractivity contribution is 7.71. The van der Waals surface area contributed by atoms with E-state index < -0.39 is 0 Å². The molecule has 3 nitrogen and oxygen atoms in total. The Labute approximate surface area is 142 Å². The third kappa shape index (κ3) is 3.88. The van der Waals surface area contributed by atoms with Crippen molar-refractivity contribution >= 4 is 18.1 Å². The summed E-state index contributed by atoms with van der Waals surface area (Å²) in [5.41, 5.74) is 3.25. The predicted molar refractivity (Wildman–Crippen MR) is 95.1 cm³/mol. The van der Waals surface area contributed by atoms with Crippen molar-refractivity contribution in [2.24, 2.45) is 5.92 Å². The van der Waals surface area contributed by atoms with Crippen LogP contribution in [0, 0.1) is 17.5 Å². The molecular weight excluding hydrogens is 304 g/mol. The second-order valence-corrected chi connectivity index (χ2v) is 6.77. The normalized spacial score (nSPS) is 18.0. The molecule has 1 amide bonds. The van der Waals surface area contributed by atoms with E-state index in [4.69, 9.17) is 12.2 Å². The van der Waals surface area contributed by atoms with Gasteiger partial charge in [-0.1, -0.05) is 42.0 Å². The quantitative estimate of drug-likeness (QED) is 0.860. The molecule has 23 heavy (non-hydrogen) atoms. The summed E-state index contributed by atoms with van der Waals surface area (Å²) >= 11 is 5.24. The zero-order chi connectivity index (χ0) is 16.2. The topological polar surface area (TPSA) is 36.1 Å². The number of piperidine rings is 1. The Morgan fingerprint density at radius 3 is 2.83 bits per heavy atom. The number of carbonyl (C=O) groups excluding carboxylic acids is 1. The van der Waals surface area contributed by atoms with Crippen molar-refractivity contribution in [1.29, 1.82) is 0 Å². The molecule has 4 heteroatoms. The van der Waals surface area contributed by atoms with E-state index in [9.17, 15) is 4.79 Å². The number of pyridine rings is 1. The summed E-state index contributed by atoms with van der Waals surface area (Å²) in [4.78, 5) is 17.6. The van der Waals surface area contributed by atoms with Gasteiger partial charge in [-0.2, -0.15) is 0 Å². The van der Waals surface area contributed by atoms with E-state index in [-0.39, 0.29) is 5.91 Å². The van der Waals surface area contributed by atoms with Crippen LogP contribution in [0.2, 0.25) is 0 Å². The summed E-state index contributed by atoms with van der Waals surface area (Å²) in [6.07, 6.45) is 5.03. The number of benzene rings is 1. The number of nitrogens with one attached hydrogen (secondary N) is 1. The summed E-state index contributed by atoms with van der Waals surface area (Å²) in [7, 11) is 0. The molecule has 0 aliphatic carbocycles. The van der Waals surface area contributed by atoms with Gasteiger partial charge in [-0.05, 0) is 49.8 Å². The second kappa shape index (κ2) is 7.09. The zero-order valence-electron chi connectivity index (χ0n) is 13.4. The number of nitrogens with zero attached hydrogens (tertiary/aromatic N) is 1. The highest BCUT2D eigenvalue weighted by Gasteiger charge is 2.25. The van der Waals surface area contributed by atoms with E-state index in [1.54, 1.807) is 6.20 Å².